The standard InChI is InChI=1S/C21H28O5.Na.H2O4S.H/c1-19-7-5-13(23)9-12(19)3-4-14-15-6-8-21(26,17(25)11-22)20(15,2)10-16(24)18(14)19;;1-5(2,3)4;/h9,14-15,18,22,26H,3-8,10-11H2,1-2H3;;(H2,1,2,3,4);/q;+1;;-1/t14-,15-,18+,19-,20-,21-;;;/m0.../s1. The summed E-state index contributed by atoms with van der Waals surface area (Å²) in [5.41, 5.74) is -1.55. The second-order valence-electron chi connectivity index (χ2n) is 9.83. The SMILES string of the molecule is C[C@]12CCC(=O)C=C1CC[C@@H]1[C@@H]2C(=O)C[C@@]2(C)[C@H]1CC[C@]2(O)C(=O)CO.O=S(=O)(O)O.[H-].[Na+]. The van der Waals surface area contributed by atoms with Crippen LogP contribution in [0.1, 0.15) is 60.2 Å². The first kappa shape index (κ1) is 27.8. The molecule has 0 aromatic heterocycles. The molecule has 0 spiro atoms. The number of Topliss-reactive ketones (excluding diaryl/α,β-unsaturated/α-hetero) is 2. The van der Waals surface area contributed by atoms with Gasteiger partial charge in [-0.15, -0.1) is 0 Å². The predicted octanol–water partition coefficient (Wildman–Crippen LogP) is -1.55. The summed E-state index contributed by atoms with van der Waals surface area (Å²) in [6.07, 6.45) is 5.83. The summed E-state index contributed by atoms with van der Waals surface area (Å²) in [5.74, 6) is -0.172. The van der Waals surface area contributed by atoms with Gasteiger partial charge in [-0.05, 0) is 55.4 Å². The van der Waals surface area contributed by atoms with Crippen molar-refractivity contribution in [3.63, 3.8) is 0 Å². The molecular formula is C21H31NaO9S. The van der Waals surface area contributed by atoms with E-state index in [1.165, 1.54) is 0 Å². The Hall–Kier alpha value is -0.460. The van der Waals surface area contributed by atoms with Gasteiger partial charge >= 0.3 is 40.0 Å². The van der Waals surface area contributed by atoms with Gasteiger partial charge in [-0.25, -0.2) is 0 Å². The number of hydrogen-bond acceptors (Lipinski definition) is 7. The van der Waals surface area contributed by atoms with Crippen molar-refractivity contribution in [1.82, 2.24) is 0 Å². The van der Waals surface area contributed by atoms with Crippen LogP contribution in [0.4, 0.5) is 0 Å². The van der Waals surface area contributed by atoms with Gasteiger partial charge in [0, 0.05) is 24.2 Å². The molecule has 0 aliphatic heterocycles. The number of hydrogen-bond donors (Lipinski definition) is 4. The van der Waals surface area contributed by atoms with Crippen LogP contribution in [-0.4, -0.2) is 57.3 Å². The van der Waals surface area contributed by atoms with E-state index in [1.54, 1.807) is 6.08 Å². The maximum Gasteiger partial charge on any atom is 1.00 e. The minimum atomic E-state index is -4.67. The molecule has 11 heteroatoms. The van der Waals surface area contributed by atoms with Gasteiger partial charge in [-0.3, -0.25) is 23.5 Å². The summed E-state index contributed by atoms with van der Waals surface area (Å²) in [4.78, 5) is 37.5. The van der Waals surface area contributed by atoms with Gasteiger partial charge in [-0.2, -0.15) is 8.42 Å². The average molecular weight is 483 g/mol. The molecule has 4 N–H and O–H groups in total. The van der Waals surface area contributed by atoms with Crippen molar-refractivity contribution in [1.29, 1.82) is 0 Å². The van der Waals surface area contributed by atoms with E-state index in [1.807, 2.05) is 6.92 Å². The van der Waals surface area contributed by atoms with E-state index >= 15 is 0 Å². The first-order valence-electron chi connectivity index (χ1n) is 10.5. The quantitative estimate of drug-likeness (QED) is 0.269. The fourth-order valence-corrected chi connectivity index (χ4v) is 6.98. The summed E-state index contributed by atoms with van der Waals surface area (Å²) < 4.78 is 31.6. The minimum absolute atomic E-state index is 0. The van der Waals surface area contributed by atoms with Gasteiger partial charge in [0.25, 0.3) is 0 Å². The number of allylic oxidation sites excluding steroid dienone is 1. The van der Waals surface area contributed by atoms with E-state index in [9.17, 15) is 24.6 Å². The molecule has 0 saturated heterocycles. The van der Waals surface area contributed by atoms with Gasteiger partial charge in [0.15, 0.2) is 11.6 Å². The molecule has 4 aliphatic rings. The van der Waals surface area contributed by atoms with Crippen molar-refractivity contribution in [3.8, 4) is 0 Å². The third-order valence-electron chi connectivity index (χ3n) is 8.41. The predicted molar refractivity (Wildman–Crippen MR) is 109 cm³/mol. The summed E-state index contributed by atoms with van der Waals surface area (Å²) in [6.45, 7) is 3.31. The van der Waals surface area contributed by atoms with Crippen molar-refractivity contribution >= 4 is 27.7 Å². The molecule has 176 valence electrons. The number of fused-ring (bicyclic) bond motifs is 5. The van der Waals surface area contributed by atoms with Crippen LogP contribution in [0, 0.1) is 28.6 Å². The minimum Gasteiger partial charge on any atom is -1.00 e. The van der Waals surface area contributed by atoms with E-state index in [2.05, 4.69) is 6.92 Å². The van der Waals surface area contributed by atoms with E-state index in [0.717, 1.165) is 18.4 Å². The van der Waals surface area contributed by atoms with E-state index in [4.69, 9.17) is 17.5 Å². The molecule has 4 aliphatic carbocycles. The van der Waals surface area contributed by atoms with Crippen LogP contribution in [0.5, 0.6) is 0 Å². The zero-order chi connectivity index (χ0) is 23.4. The number of ketones is 3. The molecular weight excluding hydrogens is 451 g/mol. The normalized spacial score (nSPS) is 40.6. The maximum atomic E-state index is 13.3. The van der Waals surface area contributed by atoms with Crippen molar-refractivity contribution in [2.75, 3.05) is 6.61 Å². The van der Waals surface area contributed by atoms with Crippen LogP contribution in [0.2, 0.25) is 0 Å². The fraction of sp³-hybridized carbons (Fsp3) is 0.762. The van der Waals surface area contributed by atoms with Crippen LogP contribution in [0.15, 0.2) is 11.6 Å². The first-order valence-corrected chi connectivity index (χ1v) is 11.9. The second-order valence-corrected chi connectivity index (χ2v) is 10.7. The molecule has 0 amide bonds. The smallest absolute Gasteiger partial charge is 1.00 e. The van der Waals surface area contributed by atoms with Crippen molar-refractivity contribution in [2.45, 2.75) is 64.4 Å². The Morgan fingerprint density at radius 3 is 2.31 bits per heavy atom. The average Bonchev–Trinajstić information content (AvgIpc) is 2.91. The Bertz CT molecular complexity index is 943. The van der Waals surface area contributed by atoms with Gasteiger partial charge < -0.3 is 11.6 Å². The number of rotatable bonds is 2. The van der Waals surface area contributed by atoms with Gasteiger partial charge in [0.2, 0.25) is 0 Å². The van der Waals surface area contributed by atoms with Gasteiger partial charge in [-0.1, -0.05) is 19.4 Å². The second kappa shape index (κ2) is 9.30. The van der Waals surface area contributed by atoms with Crippen LogP contribution in [0.3, 0.4) is 0 Å². The van der Waals surface area contributed by atoms with E-state index in [-0.39, 0.29) is 72.1 Å². The van der Waals surface area contributed by atoms with Crippen LogP contribution < -0.4 is 29.6 Å². The Morgan fingerprint density at radius 1 is 1.16 bits per heavy atom. The number of carbonyl (C=O) groups excluding carboxylic acids is 3. The Labute approximate surface area is 211 Å². The maximum absolute atomic E-state index is 13.3. The van der Waals surface area contributed by atoms with Crippen LogP contribution >= 0.6 is 0 Å². The third kappa shape index (κ3) is 4.57. The van der Waals surface area contributed by atoms with E-state index < -0.39 is 33.8 Å². The summed E-state index contributed by atoms with van der Waals surface area (Å²) in [7, 11) is -4.67. The van der Waals surface area contributed by atoms with E-state index in [0.29, 0.717) is 25.7 Å². The van der Waals surface area contributed by atoms with Crippen LogP contribution in [-0.2, 0) is 24.8 Å². The Morgan fingerprint density at radius 2 is 1.75 bits per heavy atom. The zero-order valence-corrected chi connectivity index (χ0v) is 21.5. The topological polar surface area (TPSA) is 166 Å². The molecule has 32 heavy (non-hydrogen) atoms. The van der Waals surface area contributed by atoms with Crippen molar-refractivity contribution in [3.05, 3.63) is 11.6 Å². The molecule has 0 aromatic rings. The molecule has 0 unspecified atom stereocenters. The molecule has 3 saturated carbocycles. The summed E-state index contributed by atoms with van der Waals surface area (Å²) in [5, 5.41) is 20.5. The first-order chi connectivity index (χ1) is 14.2. The number of aliphatic hydroxyl groups excluding tert-OH is 1. The molecule has 3 fully saturated rings. The third-order valence-corrected chi connectivity index (χ3v) is 8.41. The molecule has 0 aromatic carbocycles. The zero-order valence-electron chi connectivity index (χ0n) is 19.7. The Balaban J connectivity index is 0.000000707. The number of carbonyl (C=O) groups is 3. The monoisotopic (exact) mass is 482 g/mol. The van der Waals surface area contributed by atoms with Crippen LogP contribution in [0.25, 0.3) is 0 Å². The molecule has 9 nitrogen and oxygen atoms in total. The largest absolute Gasteiger partial charge is 1.00 e. The summed E-state index contributed by atoms with van der Waals surface area (Å²) in [6, 6.07) is 0. The van der Waals surface area contributed by atoms with Crippen molar-refractivity contribution in [2.24, 2.45) is 28.6 Å². The molecule has 4 rings (SSSR count). The van der Waals surface area contributed by atoms with Gasteiger partial charge in [0.1, 0.15) is 18.0 Å². The Kier molecular flexibility index (Phi) is 8.07. The van der Waals surface area contributed by atoms with Crippen molar-refractivity contribution < 1.29 is 73.1 Å². The molecule has 0 radical (unpaired) electrons. The fourth-order valence-electron chi connectivity index (χ4n) is 6.98. The molecule has 0 bridgehead atoms. The molecule has 0 heterocycles. The van der Waals surface area contributed by atoms with Gasteiger partial charge in [0.05, 0.1) is 0 Å². The number of aliphatic hydroxyl groups is 2. The molecule has 6 atom stereocenters. The summed E-state index contributed by atoms with van der Waals surface area (Å²) >= 11 is 0.